The van der Waals surface area contributed by atoms with E-state index in [4.69, 9.17) is 11.1 Å². The summed E-state index contributed by atoms with van der Waals surface area (Å²) in [4.78, 5) is 2.45. The highest BCUT2D eigenvalue weighted by Crippen LogP contribution is 2.28. The predicted molar refractivity (Wildman–Crippen MR) is 94.4 cm³/mol. The second kappa shape index (κ2) is 7.56. The first-order valence-corrected chi connectivity index (χ1v) is 9.40. The van der Waals surface area contributed by atoms with Crippen LogP contribution < -0.4 is 16.0 Å². The lowest BCUT2D eigenvalue weighted by atomic mass is 10.1. The van der Waals surface area contributed by atoms with E-state index in [0.29, 0.717) is 6.54 Å². The van der Waals surface area contributed by atoms with E-state index in [2.05, 4.69) is 52.0 Å². The zero-order chi connectivity index (χ0) is 15.2. The Morgan fingerprint density at radius 1 is 1.33 bits per heavy atom. The fraction of sp³-hybridized carbons (Fsp3) is 0.533. The molecule has 0 aromatic heterocycles. The fourth-order valence-electron chi connectivity index (χ4n) is 2.56. The molecule has 0 saturated carbocycles. The van der Waals surface area contributed by atoms with Crippen LogP contribution in [0.15, 0.2) is 24.3 Å². The van der Waals surface area contributed by atoms with E-state index < -0.39 is 0 Å². The Bertz CT molecular complexity index is 471. The molecule has 1 aromatic carbocycles. The van der Waals surface area contributed by atoms with Gasteiger partial charge >= 0.3 is 0 Å². The number of hydrogen-bond donors (Lipinski definition) is 4. The summed E-state index contributed by atoms with van der Waals surface area (Å²) in [6.07, 6.45) is 2.37. The van der Waals surface area contributed by atoms with Gasteiger partial charge in [0, 0.05) is 38.4 Å². The largest absolute Gasteiger partial charge is 0.370 e. The number of rotatable bonds is 5. The van der Waals surface area contributed by atoms with Gasteiger partial charge in [0.15, 0.2) is 5.96 Å². The number of benzene rings is 1. The first-order chi connectivity index (χ1) is 10.1. The van der Waals surface area contributed by atoms with Crippen molar-refractivity contribution in [2.75, 3.05) is 43.1 Å². The van der Waals surface area contributed by atoms with Gasteiger partial charge in [0.1, 0.15) is 0 Å². The Labute approximate surface area is 130 Å². The monoisotopic (exact) mass is 309 g/mol. The van der Waals surface area contributed by atoms with Gasteiger partial charge in [0.25, 0.3) is 0 Å². The number of anilines is 1. The highest BCUT2D eigenvalue weighted by Gasteiger charge is 2.18. The van der Waals surface area contributed by atoms with Crippen LogP contribution in [0.3, 0.4) is 0 Å². The van der Waals surface area contributed by atoms with Crippen LogP contribution in [0, 0.1) is 5.41 Å². The van der Waals surface area contributed by atoms with Crippen molar-refractivity contribution >= 4 is 22.7 Å². The quantitative estimate of drug-likeness (QED) is 0.377. The number of piperazine rings is 1. The van der Waals surface area contributed by atoms with Gasteiger partial charge in [-0.3, -0.25) is 9.71 Å². The Morgan fingerprint density at radius 3 is 2.67 bits per heavy atom. The fourth-order valence-corrected chi connectivity index (χ4v) is 3.82. The summed E-state index contributed by atoms with van der Waals surface area (Å²) in [7, 11) is 0. The number of thiol groups is 1. The lowest BCUT2D eigenvalue weighted by Gasteiger charge is -2.40. The summed E-state index contributed by atoms with van der Waals surface area (Å²) in [5, 5.41) is 10.1. The highest BCUT2D eigenvalue weighted by molar-refractivity contribution is 8.14. The standard InChI is InChI=1S/C15H27N5S/c1-3-21(2)20-9-7-19(8-10-20)14-6-4-5-13(11-14)12-18-15(16)17/h4-6,11,21H,3,7-10,12H2,1-2H3,(H4,16,17,18). The van der Waals surface area contributed by atoms with Gasteiger partial charge in [0.05, 0.1) is 0 Å². The highest BCUT2D eigenvalue weighted by atomic mass is 32.2. The van der Waals surface area contributed by atoms with Crippen LogP contribution in [-0.2, 0) is 6.54 Å². The van der Waals surface area contributed by atoms with Crippen LogP contribution >= 0.6 is 11.1 Å². The Morgan fingerprint density at radius 2 is 2.05 bits per heavy atom. The van der Waals surface area contributed by atoms with E-state index in [-0.39, 0.29) is 17.0 Å². The molecule has 118 valence electrons. The maximum Gasteiger partial charge on any atom is 0.185 e. The van der Waals surface area contributed by atoms with Crippen molar-refractivity contribution in [3.8, 4) is 0 Å². The number of nitrogens with one attached hydrogen (secondary N) is 2. The molecule has 4 N–H and O–H groups in total. The average Bonchev–Trinajstić information content (AvgIpc) is 2.52. The summed E-state index contributed by atoms with van der Waals surface area (Å²) in [6.45, 7) is 7.40. The third-order valence-corrected chi connectivity index (χ3v) is 6.24. The number of nitrogens with two attached hydrogens (primary N) is 1. The molecule has 0 amide bonds. The molecule has 1 heterocycles. The molecule has 21 heavy (non-hydrogen) atoms. The number of guanidine groups is 1. The molecule has 0 radical (unpaired) electrons. The second-order valence-corrected chi connectivity index (χ2v) is 7.87. The molecule has 6 heteroatoms. The van der Waals surface area contributed by atoms with Gasteiger partial charge in [0.2, 0.25) is 0 Å². The van der Waals surface area contributed by atoms with Crippen LogP contribution in [-0.4, -0.2) is 48.5 Å². The molecule has 0 spiro atoms. The molecule has 1 aliphatic rings. The van der Waals surface area contributed by atoms with Gasteiger partial charge in [-0.05, 0) is 29.7 Å². The van der Waals surface area contributed by atoms with Crippen LogP contribution in [0.25, 0.3) is 0 Å². The summed E-state index contributed by atoms with van der Waals surface area (Å²) in [6, 6.07) is 8.51. The van der Waals surface area contributed by atoms with E-state index in [1.54, 1.807) is 0 Å². The number of hydrogen-bond acceptors (Lipinski definition) is 3. The van der Waals surface area contributed by atoms with E-state index in [0.717, 1.165) is 31.7 Å². The second-order valence-electron chi connectivity index (χ2n) is 5.35. The van der Waals surface area contributed by atoms with E-state index in [9.17, 15) is 0 Å². The maximum absolute atomic E-state index is 7.23. The Balaban J connectivity index is 1.94. The zero-order valence-electron chi connectivity index (χ0n) is 13.0. The van der Waals surface area contributed by atoms with Crippen molar-refractivity contribution in [1.82, 2.24) is 9.62 Å². The number of nitrogens with zero attached hydrogens (tertiary/aromatic N) is 2. The van der Waals surface area contributed by atoms with Crippen molar-refractivity contribution in [2.45, 2.75) is 13.5 Å². The predicted octanol–water partition coefficient (Wildman–Crippen LogP) is 1.36. The molecule has 2 rings (SSSR count). The van der Waals surface area contributed by atoms with Crippen LogP contribution in [0.1, 0.15) is 12.5 Å². The normalized spacial score (nSPS) is 18.4. The molecule has 0 bridgehead atoms. The van der Waals surface area contributed by atoms with E-state index >= 15 is 0 Å². The van der Waals surface area contributed by atoms with Crippen LogP contribution in [0.4, 0.5) is 5.69 Å². The lowest BCUT2D eigenvalue weighted by Crippen LogP contribution is -2.45. The zero-order valence-corrected chi connectivity index (χ0v) is 13.9. The summed E-state index contributed by atoms with van der Waals surface area (Å²) in [5.41, 5.74) is 7.77. The first-order valence-electron chi connectivity index (χ1n) is 7.48. The van der Waals surface area contributed by atoms with E-state index in [1.807, 2.05) is 0 Å². The van der Waals surface area contributed by atoms with Gasteiger partial charge < -0.3 is 16.0 Å². The van der Waals surface area contributed by atoms with Crippen molar-refractivity contribution in [3.63, 3.8) is 0 Å². The molecule has 1 saturated heterocycles. The van der Waals surface area contributed by atoms with Gasteiger partial charge in [-0.2, -0.15) is 0 Å². The van der Waals surface area contributed by atoms with Gasteiger partial charge in [-0.25, -0.2) is 11.1 Å². The third-order valence-electron chi connectivity index (χ3n) is 3.96. The molecule has 1 atom stereocenters. The van der Waals surface area contributed by atoms with Crippen molar-refractivity contribution in [3.05, 3.63) is 29.8 Å². The Hall–Kier alpha value is -1.40. The molecular weight excluding hydrogens is 282 g/mol. The van der Waals surface area contributed by atoms with Crippen molar-refractivity contribution in [1.29, 1.82) is 5.41 Å². The molecule has 1 unspecified atom stereocenters. The first kappa shape index (κ1) is 16.0. The van der Waals surface area contributed by atoms with E-state index in [1.165, 1.54) is 11.4 Å². The molecule has 1 aliphatic heterocycles. The summed E-state index contributed by atoms with van der Waals surface area (Å²) in [5.74, 6) is 1.30. The molecular formula is C15H27N5S. The summed E-state index contributed by atoms with van der Waals surface area (Å²) < 4.78 is 2.63. The van der Waals surface area contributed by atoms with Crippen LogP contribution in [0.2, 0.25) is 0 Å². The molecule has 5 nitrogen and oxygen atoms in total. The lowest BCUT2D eigenvalue weighted by molar-refractivity contribution is 0.425. The minimum Gasteiger partial charge on any atom is -0.370 e. The van der Waals surface area contributed by atoms with Gasteiger partial charge in [-0.1, -0.05) is 19.1 Å². The Kier molecular flexibility index (Phi) is 5.76. The smallest absolute Gasteiger partial charge is 0.185 e. The SMILES string of the molecule is CC[SH](C)N1CCN(c2cccc(CNC(=N)N)c2)CC1. The third kappa shape index (κ3) is 4.54. The topological polar surface area (TPSA) is 68.4 Å². The minimum absolute atomic E-state index is 0.0184. The van der Waals surface area contributed by atoms with Crippen LogP contribution in [0.5, 0.6) is 0 Å². The van der Waals surface area contributed by atoms with Crippen molar-refractivity contribution in [2.24, 2.45) is 5.73 Å². The molecule has 1 aromatic rings. The molecule has 1 fully saturated rings. The average molecular weight is 309 g/mol. The minimum atomic E-state index is 0.0184. The maximum atomic E-state index is 7.23. The molecule has 0 aliphatic carbocycles. The van der Waals surface area contributed by atoms with Crippen molar-refractivity contribution < 1.29 is 0 Å². The van der Waals surface area contributed by atoms with Gasteiger partial charge in [-0.15, -0.1) is 0 Å². The summed E-state index contributed by atoms with van der Waals surface area (Å²) >= 11 is 0.0554.